The normalized spacial score (nSPS) is 10.4. The van der Waals surface area contributed by atoms with E-state index >= 15 is 0 Å². The fourth-order valence-corrected chi connectivity index (χ4v) is 1.14. The number of H-pyrrole nitrogens is 1. The molecule has 0 saturated heterocycles. The topological polar surface area (TPSA) is 67.8 Å². The highest BCUT2D eigenvalue weighted by Crippen LogP contribution is 2.21. The van der Waals surface area contributed by atoms with Crippen molar-refractivity contribution in [3.63, 3.8) is 0 Å². The molecule has 0 amide bonds. The zero-order valence-corrected chi connectivity index (χ0v) is 6.66. The molecule has 2 rings (SSSR count). The Bertz CT molecular complexity index is 375. The van der Waals surface area contributed by atoms with Gasteiger partial charge in [-0.2, -0.15) is 0 Å². The van der Waals surface area contributed by atoms with Crippen molar-refractivity contribution < 1.29 is 4.42 Å². The summed E-state index contributed by atoms with van der Waals surface area (Å²) in [5.74, 6) is 1.15. The Morgan fingerprint density at radius 3 is 2.92 bits per heavy atom. The van der Waals surface area contributed by atoms with Crippen LogP contribution in [0.3, 0.4) is 0 Å². The summed E-state index contributed by atoms with van der Waals surface area (Å²) in [6.07, 6.45) is 1.61. The van der Waals surface area contributed by atoms with Crippen molar-refractivity contribution in [2.45, 2.75) is 6.92 Å². The third-order valence-electron chi connectivity index (χ3n) is 1.66. The number of imidazole rings is 1. The Balaban J connectivity index is 2.54. The first-order chi connectivity index (χ1) is 5.77. The van der Waals surface area contributed by atoms with Gasteiger partial charge in [0.05, 0.1) is 6.26 Å². The zero-order chi connectivity index (χ0) is 8.55. The lowest BCUT2D eigenvalue weighted by atomic mass is 10.3. The molecule has 0 unspecified atom stereocenters. The van der Waals surface area contributed by atoms with Gasteiger partial charge in [-0.25, -0.2) is 4.98 Å². The summed E-state index contributed by atoms with van der Waals surface area (Å²) in [7, 11) is 0. The smallest absolute Gasteiger partial charge is 0.198 e. The maximum absolute atomic E-state index is 5.48. The summed E-state index contributed by atoms with van der Waals surface area (Å²) in [6.45, 7) is 1.90. The molecule has 0 fully saturated rings. The maximum atomic E-state index is 5.48. The van der Waals surface area contributed by atoms with Crippen molar-refractivity contribution in [2.24, 2.45) is 0 Å². The number of aromatic amines is 1. The number of hydrogen-bond donors (Lipinski definition) is 2. The van der Waals surface area contributed by atoms with E-state index in [-0.39, 0.29) is 0 Å². The van der Waals surface area contributed by atoms with Crippen LogP contribution in [-0.2, 0) is 0 Å². The minimum Gasteiger partial charge on any atom is -0.463 e. The number of furan rings is 1. The van der Waals surface area contributed by atoms with Crippen molar-refractivity contribution in [3.05, 3.63) is 24.1 Å². The van der Waals surface area contributed by atoms with Crippen LogP contribution in [0.1, 0.15) is 5.69 Å². The summed E-state index contributed by atoms with van der Waals surface area (Å²) in [5, 5.41) is 0. The predicted molar refractivity (Wildman–Crippen MR) is 45.4 cm³/mol. The molecule has 0 saturated carbocycles. The molecule has 0 bridgehead atoms. The van der Waals surface area contributed by atoms with Gasteiger partial charge in [-0.05, 0) is 19.1 Å². The molecule has 2 heterocycles. The highest BCUT2D eigenvalue weighted by molar-refractivity contribution is 5.57. The second kappa shape index (κ2) is 2.41. The van der Waals surface area contributed by atoms with Gasteiger partial charge in [0, 0.05) is 5.69 Å². The van der Waals surface area contributed by atoms with Crippen LogP contribution in [0.2, 0.25) is 0 Å². The molecule has 12 heavy (non-hydrogen) atoms. The Morgan fingerprint density at radius 2 is 2.42 bits per heavy atom. The van der Waals surface area contributed by atoms with Crippen LogP contribution in [0.5, 0.6) is 0 Å². The van der Waals surface area contributed by atoms with E-state index in [4.69, 9.17) is 10.2 Å². The van der Waals surface area contributed by atoms with E-state index in [1.54, 1.807) is 6.26 Å². The molecule has 0 aliphatic heterocycles. The van der Waals surface area contributed by atoms with Crippen molar-refractivity contribution in [1.82, 2.24) is 9.97 Å². The van der Waals surface area contributed by atoms with Gasteiger partial charge < -0.3 is 15.1 Å². The second-order valence-corrected chi connectivity index (χ2v) is 2.57. The highest BCUT2D eigenvalue weighted by Gasteiger charge is 2.08. The van der Waals surface area contributed by atoms with Gasteiger partial charge in [-0.1, -0.05) is 0 Å². The zero-order valence-electron chi connectivity index (χ0n) is 6.66. The predicted octanol–water partition coefficient (Wildman–Crippen LogP) is 1.56. The lowest BCUT2D eigenvalue weighted by Gasteiger charge is -1.89. The lowest BCUT2D eigenvalue weighted by Crippen LogP contribution is -1.85. The van der Waals surface area contributed by atoms with Crippen LogP contribution in [0.25, 0.3) is 11.5 Å². The van der Waals surface area contributed by atoms with Gasteiger partial charge in [0.2, 0.25) is 0 Å². The van der Waals surface area contributed by atoms with Crippen LogP contribution in [0, 0.1) is 6.92 Å². The van der Waals surface area contributed by atoms with E-state index in [1.807, 2.05) is 19.1 Å². The Labute approximate surface area is 69.4 Å². The fourth-order valence-electron chi connectivity index (χ4n) is 1.14. The van der Waals surface area contributed by atoms with Crippen LogP contribution in [0.15, 0.2) is 22.8 Å². The van der Waals surface area contributed by atoms with Crippen LogP contribution in [0.4, 0.5) is 5.95 Å². The molecule has 3 N–H and O–H groups in total. The number of aryl methyl sites for hydroxylation is 1. The molecule has 0 atom stereocenters. The van der Waals surface area contributed by atoms with E-state index in [9.17, 15) is 0 Å². The molecule has 0 aliphatic rings. The number of nitrogen functional groups attached to an aromatic ring is 1. The summed E-state index contributed by atoms with van der Waals surface area (Å²) in [5.41, 5.74) is 7.17. The average Bonchev–Trinajstić information content (AvgIpc) is 2.58. The minimum absolute atomic E-state index is 0.416. The van der Waals surface area contributed by atoms with Crippen LogP contribution < -0.4 is 5.73 Å². The van der Waals surface area contributed by atoms with Crippen molar-refractivity contribution in [3.8, 4) is 11.5 Å². The molecular weight excluding hydrogens is 154 g/mol. The molecule has 0 radical (unpaired) electrons. The third-order valence-corrected chi connectivity index (χ3v) is 1.66. The van der Waals surface area contributed by atoms with Crippen molar-refractivity contribution >= 4 is 5.95 Å². The minimum atomic E-state index is 0.416. The highest BCUT2D eigenvalue weighted by atomic mass is 16.3. The van der Waals surface area contributed by atoms with E-state index in [2.05, 4.69) is 9.97 Å². The second-order valence-electron chi connectivity index (χ2n) is 2.57. The van der Waals surface area contributed by atoms with Gasteiger partial charge in [0.1, 0.15) is 5.69 Å². The van der Waals surface area contributed by atoms with Gasteiger partial charge in [0.15, 0.2) is 11.7 Å². The third kappa shape index (κ3) is 0.972. The van der Waals surface area contributed by atoms with Crippen LogP contribution >= 0.6 is 0 Å². The molecule has 0 spiro atoms. The SMILES string of the molecule is Cc1[nH]c(N)nc1-c1ccco1. The number of anilines is 1. The van der Waals surface area contributed by atoms with E-state index in [0.717, 1.165) is 17.1 Å². The van der Waals surface area contributed by atoms with Crippen molar-refractivity contribution in [2.75, 3.05) is 5.73 Å². The number of nitrogens with two attached hydrogens (primary N) is 1. The summed E-state index contributed by atoms with van der Waals surface area (Å²) in [4.78, 5) is 6.98. The molecule has 0 aromatic carbocycles. The number of aromatic nitrogens is 2. The molecule has 0 aliphatic carbocycles. The Morgan fingerprint density at radius 1 is 1.58 bits per heavy atom. The number of nitrogens with one attached hydrogen (secondary N) is 1. The fraction of sp³-hybridized carbons (Fsp3) is 0.125. The average molecular weight is 163 g/mol. The van der Waals surface area contributed by atoms with Gasteiger partial charge >= 0.3 is 0 Å². The van der Waals surface area contributed by atoms with Gasteiger partial charge in [0.25, 0.3) is 0 Å². The molecule has 62 valence electrons. The van der Waals surface area contributed by atoms with Crippen LogP contribution in [-0.4, -0.2) is 9.97 Å². The largest absolute Gasteiger partial charge is 0.463 e. The molecular formula is C8H9N3O. The van der Waals surface area contributed by atoms with Crippen molar-refractivity contribution in [1.29, 1.82) is 0 Å². The van der Waals surface area contributed by atoms with E-state index in [1.165, 1.54) is 0 Å². The Kier molecular flexibility index (Phi) is 1.40. The summed E-state index contributed by atoms with van der Waals surface area (Å²) >= 11 is 0. The quantitative estimate of drug-likeness (QED) is 0.670. The van der Waals surface area contributed by atoms with E-state index < -0.39 is 0 Å². The van der Waals surface area contributed by atoms with Gasteiger partial charge in [-0.15, -0.1) is 0 Å². The molecule has 2 aromatic heterocycles. The molecule has 2 aromatic rings. The lowest BCUT2D eigenvalue weighted by molar-refractivity contribution is 0.580. The first-order valence-corrected chi connectivity index (χ1v) is 3.63. The summed E-state index contributed by atoms with van der Waals surface area (Å²) < 4.78 is 5.18. The first kappa shape index (κ1) is 6.97. The monoisotopic (exact) mass is 163 g/mol. The van der Waals surface area contributed by atoms with Gasteiger partial charge in [-0.3, -0.25) is 0 Å². The molecule has 4 nitrogen and oxygen atoms in total. The first-order valence-electron chi connectivity index (χ1n) is 3.63. The van der Waals surface area contributed by atoms with E-state index in [0.29, 0.717) is 5.95 Å². The number of hydrogen-bond acceptors (Lipinski definition) is 3. The Hall–Kier alpha value is -1.71. The number of rotatable bonds is 1. The maximum Gasteiger partial charge on any atom is 0.198 e. The summed E-state index contributed by atoms with van der Waals surface area (Å²) in [6, 6.07) is 3.67. The molecule has 4 heteroatoms. The number of nitrogens with zero attached hydrogens (tertiary/aromatic N) is 1. The standard InChI is InChI=1S/C8H9N3O/c1-5-7(11-8(9)10-5)6-3-2-4-12-6/h2-4H,1H3,(H3,9,10,11).